The second kappa shape index (κ2) is 9.14. The summed E-state index contributed by atoms with van der Waals surface area (Å²) in [5.74, 6) is 1.17. The lowest BCUT2D eigenvalue weighted by Gasteiger charge is -2.50. The van der Waals surface area contributed by atoms with Crippen LogP contribution in [0.1, 0.15) is 77.6 Å². The van der Waals surface area contributed by atoms with Crippen molar-refractivity contribution in [1.82, 2.24) is 15.3 Å². The highest BCUT2D eigenvalue weighted by molar-refractivity contribution is 5.89. The van der Waals surface area contributed by atoms with Gasteiger partial charge in [-0.25, -0.2) is 4.79 Å². The fourth-order valence-corrected chi connectivity index (χ4v) is 5.85. The minimum absolute atomic E-state index is 0.175. The average molecular weight is 528 g/mol. The molecule has 39 heavy (non-hydrogen) atoms. The van der Waals surface area contributed by atoms with E-state index in [2.05, 4.69) is 34.4 Å². The first kappa shape index (κ1) is 24.2. The summed E-state index contributed by atoms with van der Waals surface area (Å²) < 4.78 is 24.6. The van der Waals surface area contributed by atoms with Crippen molar-refractivity contribution >= 4 is 5.97 Å². The SMILES string of the molecule is Cc1ccccc1-c1noc(C2CC2)c1COC12CCC(c3nc(-c4cccc(C(=O)O)c4)no3)(CC1)OC2. The Morgan fingerprint density at radius 3 is 2.59 bits per heavy atom. The Morgan fingerprint density at radius 2 is 1.87 bits per heavy atom. The summed E-state index contributed by atoms with van der Waals surface area (Å²) in [7, 11) is 0. The third kappa shape index (κ3) is 4.26. The van der Waals surface area contributed by atoms with E-state index in [0.29, 0.717) is 49.3 Å². The molecule has 0 spiro atoms. The van der Waals surface area contributed by atoms with Crippen LogP contribution in [0.25, 0.3) is 22.6 Å². The number of nitrogens with zero attached hydrogens (tertiary/aromatic N) is 3. The normalized spacial score (nSPS) is 24.2. The topological polar surface area (TPSA) is 121 Å². The molecule has 8 rings (SSSR count). The van der Waals surface area contributed by atoms with Crippen LogP contribution < -0.4 is 0 Å². The van der Waals surface area contributed by atoms with Crippen LogP contribution >= 0.6 is 0 Å². The lowest BCUT2D eigenvalue weighted by atomic mass is 9.73. The van der Waals surface area contributed by atoms with Gasteiger partial charge in [0.2, 0.25) is 5.82 Å². The van der Waals surface area contributed by atoms with E-state index in [-0.39, 0.29) is 11.2 Å². The molecule has 9 nitrogen and oxygen atoms in total. The molecule has 2 saturated heterocycles. The van der Waals surface area contributed by atoms with E-state index in [1.165, 1.54) is 6.07 Å². The Labute approximate surface area is 225 Å². The smallest absolute Gasteiger partial charge is 0.335 e. The first-order valence-corrected chi connectivity index (χ1v) is 13.5. The van der Waals surface area contributed by atoms with Gasteiger partial charge in [0.15, 0.2) is 0 Å². The van der Waals surface area contributed by atoms with Crippen molar-refractivity contribution in [3.05, 3.63) is 76.9 Å². The van der Waals surface area contributed by atoms with Crippen molar-refractivity contribution in [3.8, 4) is 22.6 Å². The summed E-state index contributed by atoms with van der Waals surface area (Å²) in [5, 5.41) is 17.9. The average Bonchev–Trinajstić information content (AvgIpc) is 3.52. The van der Waals surface area contributed by atoms with Gasteiger partial charge in [0, 0.05) is 22.6 Å². The molecule has 200 valence electrons. The summed E-state index contributed by atoms with van der Waals surface area (Å²) in [6.07, 6.45) is 5.27. The lowest BCUT2D eigenvalue weighted by Crippen LogP contribution is -2.54. The molecule has 2 aliphatic heterocycles. The van der Waals surface area contributed by atoms with Gasteiger partial charge in [-0.2, -0.15) is 4.98 Å². The number of hydrogen-bond acceptors (Lipinski definition) is 8. The number of rotatable bonds is 8. The summed E-state index contributed by atoms with van der Waals surface area (Å²) >= 11 is 0. The van der Waals surface area contributed by atoms with Gasteiger partial charge in [0.05, 0.1) is 24.4 Å². The van der Waals surface area contributed by atoms with Crippen LogP contribution in [-0.2, 0) is 21.7 Å². The Kier molecular flexibility index (Phi) is 5.68. The molecule has 4 fully saturated rings. The molecule has 4 heterocycles. The van der Waals surface area contributed by atoms with Crippen LogP contribution in [0.5, 0.6) is 0 Å². The van der Waals surface area contributed by atoms with E-state index in [9.17, 15) is 9.90 Å². The summed E-state index contributed by atoms with van der Waals surface area (Å²) in [6, 6.07) is 14.8. The van der Waals surface area contributed by atoms with Gasteiger partial charge >= 0.3 is 5.97 Å². The molecule has 2 bridgehead atoms. The number of fused-ring (bicyclic) bond motifs is 3. The van der Waals surface area contributed by atoms with Crippen molar-refractivity contribution in [1.29, 1.82) is 0 Å². The Hall–Kier alpha value is -3.82. The summed E-state index contributed by atoms with van der Waals surface area (Å²) in [5.41, 5.74) is 3.89. The molecule has 2 aromatic carbocycles. The molecule has 0 amide bonds. The number of hydrogen-bond donors (Lipinski definition) is 1. The van der Waals surface area contributed by atoms with Gasteiger partial charge < -0.3 is 23.6 Å². The minimum Gasteiger partial charge on any atom is -0.478 e. The fourth-order valence-electron chi connectivity index (χ4n) is 5.85. The van der Waals surface area contributed by atoms with Crippen molar-refractivity contribution < 1.29 is 28.4 Å². The predicted octanol–water partition coefficient (Wildman–Crippen LogP) is 6.03. The maximum Gasteiger partial charge on any atom is 0.335 e. The molecular weight excluding hydrogens is 498 g/mol. The zero-order chi connectivity index (χ0) is 26.6. The molecule has 2 aliphatic carbocycles. The molecular formula is C30H29N3O6. The highest BCUT2D eigenvalue weighted by Gasteiger charge is 2.54. The van der Waals surface area contributed by atoms with Crippen molar-refractivity contribution in [2.45, 2.75) is 69.2 Å². The van der Waals surface area contributed by atoms with Crippen LogP contribution in [0.2, 0.25) is 0 Å². The zero-order valence-electron chi connectivity index (χ0n) is 21.7. The van der Waals surface area contributed by atoms with Crippen molar-refractivity contribution in [3.63, 3.8) is 0 Å². The fraction of sp³-hybridized carbons (Fsp3) is 0.400. The predicted molar refractivity (Wildman–Crippen MR) is 139 cm³/mol. The lowest BCUT2D eigenvalue weighted by molar-refractivity contribution is -0.250. The highest BCUT2D eigenvalue weighted by atomic mass is 16.6. The largest absolute Gasteiger partial charge is 0.478 e. The Bertz CT molecular complexity index is 1530. The maximum absolute atomic E-state index is 11.4. The van der Waals surface area contributed by atoms with E-state index in [0.717, 1.165) is 53.8 Å². The van der Waals surface area contributed by atoms with E-state index >= 15 is 0 Å². The molecule has 0 radical (unpaired) electrons. The van der Waals surface area contributed by atoms with Crippen molar-refractivity contribution in [2.24, 2.45) is 0 Å². The molecule has 0 unspecified atom stereocenters. The number of benzene rings is 2. The number of carboxylic acid groups (broad SMARTS) is 1. The molecule has 0 atom stereocenters. The van der Waals surface area contributed by atoms with Crippen molar-refractivity contribution in [2.75, 3.05) is 6.61 Å². The second-order valence-corrected chi connectivity index (χ2v) is 11.0. The number of aryl methyl sites for hydroxylation is 1. The van der Waals surface area contributed by atoms with Gasteiger partial charge in [-0.15, -0.1) is 0 Å². The summed E-state index contributed by atoms with van der Waals surface area (Å²) in [4.78, 5) is 16.0. The Morgan fingerprint density at radius 1 is 1.05 bits per heavy atom. The number of carboxylic acids is 1. The first-order chi connectivity index (χ1) is 19.0. The highest BCUT2D eigenvalue weighted by Crippen LogP contribution is 2.52. The number of aromatic carboxylic acids is 1. The quantitative estimate of drug-likeness (QED) is 0.293. The molecule has 2 saturated carbocycles. The van der Waals surface area contributed by atoms with Gasteiger partial charge in [0.25, 0.3) is 5.89 Å². The molecule has 1 N–H and O–H groups in total. The van der Waals surface area contributed by atoms with E-state index < -0.39 is 11.6 Å². The van der Waals surface area contributed by atoms with E-state index in [4.69, 9.17) is 18.5 Å². The standard InChI is InChI=1S/C30H29N3O6/c1-18-5-2-3-8-22(18)24-23(25(38-32-24)19-9-10-19)16-36-29-11-13-30(14-12-29,37-17-29)28-31-26(33-39-28)20-6-4-7-21(15-20)27(34)35/h2-8,15,19H,9-14,16-17H2,1H3,(H,34,35). The number of ether oxygens (including phenoxy) is 2. The van der Waals surface area contributed by atoms with Crippen LogP contribution in [0.15, 0.2) is 57.6 Å². The van der Waals surface area contributed by atoms with Crippen LogP contribution in [0.3, 0.4) is 0 Å². The van der Waals surface area contributed by atoms with Crippen LogP contribution in [-0.4, -0.2) is 38.6 Å². The van der Waals surface area contributed by atoms with Gasteiger partial charge in [-0.3, -0.25) is 0 Å². The Balaban J connectivity index is 1.08. The third-order valence-electron chi connectivity index (χ3n) is 8.45. The van der Waals surface area contributed by atoms with E-state index in [1.807, 2.05) is 12.1 Å². The molecule has 4 aliphatic rings. The van der Waals surface area contributed by atoms with Gasteiger partial charge in [-0.05, 0) is 63.1 Å². The second-order valence-electron chi connectivity index (χ2n) is 11.0. The monoisotopic (exact) mass is 527 g/mol. The zero-order valence-corrected chi connectivity index (χ0v) is 21.7. The van der Waals surface area contributed by atoms with Gasteiger partial charge in [-0.1, -0.05) is 46.7 Å². The molecule has 9 heteroatoms. The number of carbonyl (C=O) groups is 1. The number of aromatic nitrogens is 3. The molecule has 4 aromatic rings. The first-order valence-electron chi connectivity index (χ1n) is 13.5. The van der Waals surface area contributed by atoms with Gasteiger partial charge in [0.1, 0.15) is 17.1 Å². The van der Waals surface area contributed by atoms with Crippen LogP contribution in [0.4, 0.5) is 0 Å². The maximum atomic E-state index is 11.4. The molecule has 2 aromatic heterocycles. The third-order valence-corrected chi connectivity index (χ3v) is 8.45. The minimum atomic E-state index is -1.00. The summed E-state index contributed by atoms with van der Waals surface area (Å²) in [6.45, 7) is 2.95. The van der Waals surface area contributed by atoms with E-state index in [1.54, 1.807) is 18.2 Å². The van der Waals surface area contributed by atoms with Crippen LogP contribution in [0, 0.1) is 6.92 Å².